The molecule has 12 heteroatoms. The van der Waals surface area contributed by atoms with Crippen LogP contribution in [0.2, 0.25) is 0 Å². The first-order valence-electron chi connectivity index (χ1n) is 13.0. The lowest BCUT2D eigenvalue weighted by atomic mass is 9.80. The second-order valence-corrected chi connectivity index (χ2v) is 14.7. The zero-order valence-electron chi connectivity index (χ0n) is 23.3. The van der Waals surface area contributed by atoms with Crippen molar-refractivity contribution >= 4 is 37.4 Å². The lowest BCUT2D eigenvalue weighted by Gasteiger charge is -2.35. The van der Waals surface area contributed by atoms with Gasteiger partial charge in [0, 0.05) is 31.7 Å². The number of amides is 1. The van der Waals surface area contributed by atoms with Crippen LogP contribution in [0, 0.1) is 5.92 Å². The summed E-state index contributed by atoms with van der Waals surface area (Å²) in [7, 11) is -4.89. The maximum atomic E-state index is 13.4. The van der Waals surface area contributed by atoms with Crippen molar-refractivity contribution in [1.29, 1.82) is 0 Å². The highest BCUT2D eigenvalue weighted by atomic mass is 32.2. The lowest BCUT2D eigenvalue weighted by Crippen LogP contribution is -2.43. The molecule has 1 fully saturated rings. The number of nitrogens with zero attached hydrogens (tertiary/aromatic N) is 2. The molecule has 2 heterocycles. The summed E-state index contributed by atoms with van der Waals surface area (Å²) in [6.07, 6.45) is 3.43. The summed E-state index contributed by atoms with van der Waals surface area (Å²) in [4.78, 5) is 15.3. The van der Waals surface area contributed by atoms with Gasteiger partial charge in [0.15, 0.2) is 11.5 Å². The molecule has 2 aliphatic heterocycles. The Morgan fingerprint density at radius 1 is 1.23 bits per heavy atom. The molecule has 0 spiro atoms. The normalized spacial score (nSPS) is 20.1. The predicted molar refractivity (Wildman–Crippen MR) is 157 cm³/mol. The van der Waals surface area contributed by atoms with E-state index in [1.165, 1.54) is 13.4 Å². The Morgan fingerprint density at radius 3 is 2.67 bits per heavy atom. The van der Waals surface area contributed by atoms with Crippen molar-refractivity contribution in [3.8, 4) is 17.2 Å². The number of sulfonamides is 1. The molecule has 1 unspecified atom stereocenters. The fourth-order valence-electron chi connectivity index (χ4n) is 5.11. The van der Waals surface area contributed by atoms with Gasteiger partial charge in [-0.25, -0.2) is 12.6 Å². The molecule has 1 saturated heterocycles. The Morgan fingerprint density at radius 2 is 1.98 bits per heavy atom. The van der Waals surface area contributed by atoms with E-state index >= 15 is 0 Å². The number of carbonyl (C=O) groups excluding carboxylic acids is 1. The third kappa shape index (κ3) is 7.08. The number of methoxy groups -OCH3 is 1. The summed E-state index contributed by atoms with van der Waals surface area (Å²) in [5.74, 6) is 4.68. The predicted octanol–water partition coefficient (Wildman–Crippen LogP) is 2.87. The van der Waals surface area contributed by atoms with Gasteiger partial charge in [0.2, 0.25) is 5.91 Å². The zero-order valence-corrected chi connectivity index (χ0v) is 25.0. The molecule has 2 aromatic rings. The number of piperidine rings is 1. The molecule has 1 amide bonds. The maximum absolute atomic E-state index is 13.4. The third-order valence-electron chi connectivity index (χ3n) is 7.09. The van der Waals surface area contributed by atoms with Gasteiger partial charge < -0.3 is 24.3 Å². The summed E-state index contributed by atoms with van der Waals surface area (Å²) in [6, 6.07) is 10.6. The van der Waals surface area contributed by atoms with Crippen LogP contribution in [0.3, 0.4) is 0 Å². The number of hydrogen-bond acceptors (Lipinski definition) is 8. The Hall–Kier alpha value is -3.25. The quantitative estimate of drug-likeness (QED) is 0.440. The fraction of sp³-hybridized carbons (Fsp3) is 0.464. The van der Waals surface area contributed by atoms with Crippen molar-refractivity contribution < 1.29 is 31.1 Å². The standard InChI is InChI=1S/C28H37N3O7S2/c1-28(2,21-11-12-22(36-3)24(14-21)38-39(4,5)33)15-25(32)31-13-7-8-19(16-31)17-37-23-10-6-9-20-18-40(34,35)30-27(29)26(20)23/h6,9-12,14,19H,4,7-8,13,15-18H2,1-3,5H3,(H2,29,30)/t19-,39?/m0/s1. The van der Waals surface area contributed by atoms with Crippen LogP contribution < -0.4 is 19.4 Å². The Bertz CT molecular complexity index is 1530. The molecule has 2 atom stereocenters. The number of rotatable bonds is 9. The fourth-order valence-corrected chi connectivity index (χ4v) is 6.71. The number of ether oxygens (including phenoxy) is 2. The molecule has 2 aromatic carbocycles. The van der Waals surface area contributed by atoms with E-state index in [1.54, 1.807) is 30.3 Å². The number of fused-ring (bicyclic) bond motifs is 1. The van der Waals surface area contributed by atoms with Gasteiger partial charge in [-0.3, -0.25) is 4.79 Å². The first kappa shape index (κ1) is 29.7. The first-order valence-corrected chi connectivity index (χ1v) is 16.7. The Balaban J connectivity index is 1.42. The molecule has 4 rings (SSSR count). The van der Waals surface area contributed by atoms with E-state index in [1.807, 2.05) is 24.8 Å². The molecule has 0 bridgehead atoms. The van der Waals surface area contributed by atoms with Crippen LogP contribution in [0.5, 0.6) is 17.2 Å². The summed E-state index contributed by atoms with van der Waals surface area (Å²) >= 11 is 0. The minimum absolute atomic E-state index is 0.0307. The average Bonchev–Trinajstić information content (AvgIpc) is 2.85. The van der Waals surface area contributed by atoms with Crippen LogP contribution in [0.4, 0.5) is 0 Å². The van der Waals surface area contributed by atoms with E-state index in [0.717, 1.165) is 18.4 Å². The molecule has 2 N–H and O–H groups in total. The Kier molecular flexibility index (Phi) is 8.41. The number of likely N-dealkylation sites (tertiary alicyclic amines) is 1. The second kappa shape index (κ2) is 11.3. The maximum Gasteiger partial charge on any atom is 0.259 e. The zero-order chi connectivity index (χ0) is 29.3. The minimum Gasteiger partial charge on any atom is -0.493 e. The van der Waals surface area contributed by atoms with Gasteiger partial charge in [-0.05, 0) is 53.5 Å². The summed E-state index contributed by atoms with van der Waals surface area (Å²) in [5.41, 5.74) is 7.37. The van der Waals surface area contributed by atoms with Gasteiger partial charge in [0.05, 0.1) is 25.0 Å². The molecule has 2 aliphatic rings. The molecule has 40 heavy (non-hydrogen) atoms. The van der Waals surface area contributed by atoms with E-state index < -0.39 is 25.2 Å². The van der Waals surface area contributed by atoms with Crippen LogP contribution in [-0.4, -0.2) is 68.2 Å². The van der Waals surface area contributed by atoms with E-state index in [-0.39, 0.29) is 29.8 Å². The van der Waals surface area contributed by atoms with Crippen molar-refractivity contribution in [2.75, 3.05) is 33.1 Å². The van der Waals surface area contributed by atoms with E-state index in [9.17, 15) is 17.4 Å². The van der Waals surface area contributed by atoms with Gasteiger partial charge in [-0.1, -0.05) is 32.0 Å². The van der Waals surface area contributed by atoms with Crippen LogP contribution in [0.1, 0.15) is 49.8 Å². The summed E-state index contributed by atoms with van der Waals surface area (Å²) in [6.45, 7) is 5.56. The highest BCUT2D eigenvalue weighted by Crippen LogP contribution is 2.36. The van der Waals surface area contributed by atoms with Crippen LogP contribution in [0.25, 0.3) is 0 Å². The first-order chi connectivity index (χ1) is 18.7. The van der Waals surface area contributed by atoms with Crippen molar-refractivity contribution in [3.05, 3.63) is 53.1 Å². The van der Waals surface area contributed by atoms with E-state index in [4.69, 9.17) is 19.4 Å². The lowest BCUT2D eigenvalue weighted by molar-refractivity contribution is -0.134. The largest absolute Gasteiger partial charge is 0.493 e. The average molecular weight is 592 g/mol. The molecule has 218 valence electrons. The van der Waals surface area contributed by atoms with Crippen molar-refractivity contribution in [1.82, 2.24) is 4.90 Å². The molecule has 10 nitrogen and oxygen atoms in total. The molecule has 0 radical (unpaired) electrons. The van der Waals surface area contributed by atoms with Gasteiger partial charge in [0.1, 0.15) is 21.4 Å². The highest BCUT2D eigenvalue weighted by Gasteiger charge is 2.31. The summed E-state index contributed by atoms with van der Waals surface area (Å²) < 4.78 is 56.7. The van der Waals surface area contributed by atoms with Crippen molar-refractivity contribution in [3.63, 3.8) is 0 Å². The van der Waals surface area contributed by atoms with Crippen molar-refractivity contribution in [2.24, 2.45) is 16.0 Å². The van der Waals surface area contributed by atoms with Gasteiger partial charge >= 0.3 is 0 Å². The molecule has 0 saturated carbocycles. The molecular formula is C28H37N3O7S2. The number of hydrogen-bond donors (Lipinski definition) is 1. The van der Waals surface area contributed by atoms with Gasteiger partial charge in [-0.15, -0.1) is 4.40 Å². The molecule has 0 aromatic heterocycles. The second-order valence-electron chi connectivity index (χ2n) is 11.1. The minimum atomic E-state index is -3.63. The van der Waals surface area contributed by atoms with E-state index in [0.29, 0.717) is 48.1 Å². The number of benzene rings is 2. The van der Waals surface area contributed by atoms with Crippen LogP contribution in [-0.2, 0) is 35.8 Å². The van der Waals surface area contributed by atoms with Crippen LogP contribution >= 0.6 is 0 Å². The smallest absolute Gasteiger partial charge is 0.259 e. The SMILES string of the molecule is C=S(C)(=O)Oc1cc(C(C)(C)CC(=O)N2CCC[C@H](COc3cccc4c3C(N)=NS(=O)(=O)C4)C2)ccc1OC. The summed E-state index contributed by atoms with van der Waals surface area (Å²) in [5, 5.41) is 0. The van der Waals surface area contributed by atoms with Crippen molar-refractivity contribution in [2.45, 2.75) is 44.3 Å². The molecule has 0 aliphatic carbocycles. The topological polar surface area (TPSA) is 138 Å². The number of amidine groups is 1. The van der Waals surface area contributed by atoms with E-state index in [2.05, 4.69) is 10.3 Å². The highest BCUT2D eigenvalue weighted by molar-refractivity contribution is 7.95. The third-order valence-corrected chi connectivity index (χ3v) is 8.78. The Labute approximate surface area is 236 Å². The van der Waals surface area contributed by atoms with Gasteiger partial charge in [0.25, 0.3) is 10.0 Å². The monoisotopic (exact) mass is 591 g/mol. The van der Waals surface area contributed by atoms with Crippen LogP contribution in [0.15, 0.2) is 40.8 Å². The number of carbonyl (C=O) groups is 1. The molecular weight excluding hydrogens is 554 g/mol. The number of nitrogens with two attached hydrogens (primary N) is 1. The van der Waals surface area contributed by atoms with Gasteiger partial charge in [-0.2, -0.15) is 0 Å².